The number of rotatable bonds is 4. The minimum atomic E-state index is -4.10. The molecule has 0 saturated heterocycles. The summed E-state index contributed by atoms with van der Waals surface area (Å²) in [4.78, 5) is 25.9. The first kappa shape index (κ1) is 15.1. The van der Waals surface area contributed by atoms with E-state index in [1.165, 1.54) is 12.8 Å². The molecule has 0 aliphatic heterocycles. The zero-order valence-corrected chi connectivity index (χ0v) is 8.83. The van der Waals surface area contributed by atoms with Crippen LogP contribution in [-0.2, 0) is 9.36 Å². The summed E-state index contributed by atoms with van der Waals surface area (Å²) in [5.41, 5.74) is 0. The van der Waals surface area contributed by atoms with Crippen molar-refractivity contribution < 1.29 is 24.3 Å². The maximum atomic E-state index is 9.97. The van der Waals surface area contributed by atoms with Crippen molar-refractivity contribution in [1.29, 1.82) is 0 Å². The molecule has 0 unspecified atom stereocenters. The van der Waals surface area contributed by atoms with Gasteiger partial charge in [0.05, 0.1) is 12.6 Å². The summed E-state index contributed by atoms with van der Waals surface area (Å²) >= 11 is 0. The molecule has 0 rings (SSSR count). The van der Waals surface area contributed by atoms with Gasteiger partial charge in [-0.3, -0.25) is 9.36 Å². The van der Waals surface area contributed by atoms with Gasteiger partial charge in [0.15, 0.2) is 0 Å². The van der Waals surface area contributed by atoms with Crippen LogP contribution < -0.4 is 0 Å². The minimum absolute atomic E-state index is 0.482. The van der Waals surface area contributed by atoms with E-state index >= 15 is 0 Å². The van der Waals surface area contributed by atoms with E-state index in [0.717, 1.165) is 0 Å². The molecule has 5 nitrogen and oxygen atoms in total. The summed E-state index contributed by atoms with van der Waals surface area (Å²) in [5.74, 6) is -1.20. The third-order valence-electron chi connectivity index (χ3n) is 1.12. The third-order valence-corrected chi connectivity index (χ3v) is 1.92. The van der Waals surface area contributed by atoms with E-state index in [2.05, 4.69) is 13.8 Å². The molecule has 0 radical (unpaired) electrons. The van der Waals surface area contributed by atoms with Crippen LogP contribution in [0.4, 0.5) is 0 Å². The van der Waals surface area contributed by atoms with Gasteiger partial charge in [-0.25, -0.2) is 0 Å². The molecule has 0 spiro atoms. The molecular weight excluding hydrogens is 195 g/mol. The van der Waals surface area contributed by atoms with Crippen molar-refractivity contribution >= 4 is 13.6 Å². The van der Waals surface area contributed by atoms with E-state index in [9.17, 15) is 9.36 Å². The van der Waals surface area contributed by atoms with E-state index < -0.39 is 26.1 Å². The van der Waals surface area contributed by atoms with E-state index in [0.29, 0.717) is 0 Å². The van der Waals surface area contributed by atoms with Crippen molar-refractivity contribution in [3.8, 4) is 0 Å². The van der Waals surface area contributed by atoms with Crippen LogP contribution in [0.15, 0.2) is 0 Å². The Bertz CT molecular complexity index is 172. The molecule has 0 aliphatic rings. The van der Waals surface area contributed by atoms with E-state index in [1.54, 1.807) is 0 Å². The number of hydrogen-bond donors (Lipinski definition) is 3. The van der Waals surface area contributed by atoms with Crippen molar-refractivity contribution in [2.75, 3.05) is 6.16 Å². The fraction of sp³-hybridized carbons (Fsp3) is 0.857. The largest absolute Gasteiger partial charge is 0.481 e. The van der Waals surface area contributed by atoms with Crippen LogP contribution in [0.25, 0.3) is 0 Å². The predicted octanol–water partition coefficient (Wildman–Crippen LogP) is 1.45. The average molecular weight is 212 g/mol. The summed E-state index contributed by atoms with van der Waals surface area (Å²) in [6, 6.07) is 0. The lowest BCUT2D eigenvalue weighted by atomic mass is 10.4. The molecule has 0 bridgehead atoms. The van der Waals surface area contributed by atoms with Crippen molar-refractivity contribution in [2.24, 2.45) is 0 Å². The Morgan fingerprint density at radius 1 is 1.23 bits per heavy atom. The van der Waals surface area contributed by atoms with E-state index in [-0.39, 0.29) is 0 Å². The van der Waals surface area contributed by atoms with Crippen LogP contribution in [-0.4, -0.2) is 27.0 Å². The summed E-state index contributed by atoms with van der Waals surface area (Å²) in [5, 5.41) is 7.93. The molecule has 0 atom stereocenters. The first-order valence-corrected chi connectivity index (χ1v) is 5.89. The van der Waals surface area contributed by atoms with Crippen LogP contribution in [0, 0.1) is 0 Å². The van der Waals surface area contributed by atoms with E-state index in [4.69, 9.17) is 14.9 Å². The van der Waals surface area contributed by atoms with Crippen LogP contribution in [0.1, 0.15) is 33.1 Å². The lowest BCUT2D eigenvalue weighted by Gasteiger charge is -1.97. The van der Waals surface area contributed by atoms with Gasteiger partial charge in [0.1, 0.15) is 0 Å². The SMILES string of the molecule is CCCC.O=C(O)CCP(=O)(O)O. The molecular formula is C7H17O5P. The van der Waals surface area contributed by atoms with Gasteiger partial charge in [-0.2, -0.15) is 0 Å². The van der Waals surface area contributed by atoms with Crippen LogP contribution >= 0.6 is 7.60 Å². The molecule has 0 fully saturated rings. The number of carboxylic acids is 1. The Morgan fingerprint density at radius 3 is 1.69 bits per heavy atom. The second kappa shape index (κ2) is 8.23. The first-order chi connectivity index (χ1) is 5.83. The number of carboxylic acid groups (broad SMARTS) is 1. The van der Waals surface area contributed by atoms with Gasteiger partial charge in [-0.1, -0.05) is 26.7 Å². The van der Waals surface area contributed by atoms with Crippen LogP contribution in [0.5, 0.6) is 0 Å². The Labute approximate surface area is 77.9 Å². The monoisotopic (exact) mass is 212 g/mol. The van der Waals surface area contributed by atoms with Crippen molar-refractivity contribution in [3.05, 3.63) is 0 Å². The van der Waals surface area contributed by atoms with E-state index in [1.807, 2.05) is 0 Å². The fourth-order valence-corrected chi connectivity index (χ4v) is 0.724. The molecule has 80 valence electrons. The zero-order valence-electron chi connectivity index (χ0n) is 7.93. The third kappa shape index (κ3) is 24.5. The molecule has 0 heterocycles. The lowest BCUT2D eigenvalue weighted by Crippen LogP contribution is -1.98. The van der Waals surface area contributed by atoms with Gasteiger partial charge >= 0.3 is 13.6 Å². The Kier molecular flexibility index (Phi) is 9.56. The quantitative estimate of drug-likeness (QED) is 0.613. The topological polar surface area (TPSA) is 94.8 Å². The maximum absolute atomic E-state index is 9.97. The van der Waals surface area contributed by atoms with Crippen LogP contribution in [0.2, 0.25) is 0 Å². The molecule has 3 N–H and O–H groups in total. The maximum Gasteiger partial charge on any atom is 0.326 e. The molecule has 13 heavy (non-hydrogen) atoms. The lowest BCUT2D eigenvalue weighted by molar-refractivity contribution is -0.136. The van der Waals surface area contributed by atoms with Gasteiger partial charge in [-0.05, 0) is 0 Å². The smallest absolute Gasteiger partial charge is 0.326 e. The molecule has 0 aliphatic carbocycles. The highest BCUT2D eigenvalue weighted by Crippen LogP contribution is 2.34. The number of aliphatic carboxylic acids is 1. The van der Waals surface area contributed by atoms with Gasteiger partial charge in [0.25, 0.3) is 0 Å². The second-order valence-electron chi connectivity index (χ2n) is 2.53. The summed E-state index contributed by atoms with van der Waals surface area (Å²) in [7, 11) is -4.10. The van der Waals surface area contributed by atoms with Crippen LogP contribution in [0.3, 0.4) is 0 Å². The van der Waals surface area contributed by atoms with Crippen molar-refractivity contribution in [1.82, 2.24) is 0 Å². The van der Waals surface area contributed by atoms with Gasteiger partial charge in [-0.15, -0.1) is 0 Å². The Morgan fingerprint density at radius 2 is 1.62 bits per heavy atom. The molecule has 0 amide bonds. The normalized spacial score (nSPS) is 10.2. The average Bonchev–Trinajstić information content (AvgIpc) is 2.00. The zero-order chi connectivity index (χ0) is 10.9. The number of unbranched alkanes of at least 4 members (excludes halogenated alkanes) is 1. The predicted molar refractivity (Wildman–Crippen MR) is 49.7 cm³/mol. The Balaban J connectivity index is 0. The molecule has 6 heteroatoms. The first-order valence-electron chi connectivity index (χ1n) is 4.09. The molecule has 0 saturated carbocycles. The van der Waals surface area contributed by atoms with Gasteiger partial charge in [0, 0.05) is 0 Å². The fourth-order valence-electron chi connectivity index (χ4n) is 0.241. The number of hydrogen-bond acceptors (Lipinski definition) is 2. The molecule has 0 aromatic rings. The minimum Gasteiger partial charge on any atom is -0.481 e. The standard InChI is InChI=1S/C4H10.C3H7O5P/c1-3-4-2;4-3(5)1-2-9(6,7)8/h3-4H2,1-2H3;1-2H2,(H,4,5)(H2,6,7,8). The summed E-state index contributed by atoms with van der Waals surface area (Å²) < 4.78 is 9.97. The Hall–Kier alpha value is -0.380. The highest BCUT2D eigenvalue weighted by molar-refractivity contribution is 7.51. The van der Waals surface area contributed by atoms with Crippen molar-refractivity contribution in [2.45, 2.75) is 33.1 Å². The summed E-state index contributed by atoms with van der Waals surface area (Å²) in [6.45, 7) is 4.36. The molecule has 0 aromatic heterocycles. The van der Waals surface area contributed by atoms with Gasteiger partial charge < -0.3 is 14.9 Å². The van der Waals surface area contributed by atoms with Crippen molar-refractivity contribution in [3.63, 3.8) is 0 Å². The van der Waals surface area contributed by atoms with Gasteiger partial charge in [0.2, 0.25) is 0 Å². The molecule has 0 aromatic carbocycles. The second-order valence-corrected chi connectivity index (χ2v) is 4.31. The highest BCUT2D eigenvalue weighted by Gasteiger charge is 2.13. The number of carbonyl (C=O) groups is 1. The highest BCUT2D eigenvalue weighted by atomic mass is 31.2. The summed E-state index contributed by atoms with van der Waals surface area (Å²) in [6.07, 6.45) is 1.58.